The molecule has 0 saturated heterocycles. The lowest BCUT2D eigenvalue weighted by molar-refractivity contribution is -0.127. The van der Waals surface area contributed by atoms with Gasteiger partial charge in [-0.15, -0.1) is 0 Å². The molecular weight excluding hydrogens is 298 g/mol. The standard InChI is InChI=1S/C21H29NO2/c1-4-6-10-17(5-2)15-22-21(23)16(3)24-20-14-9-12-18-11-7-8-13-19(18)20/h7-9,11-14,16-17H,4-6,10,15H2,1-3H3,(H,22,23)/t16-,17-/m0/s1. The Morgan fingerprint density at radius 2 is 1.88 bits per heavy atom. The molecule has 2 atom stereocenters. The fourth-order valence-electron chi connectivity index (χ4n) is 2.87. The van der Waals surface area contributed by atoms with Crippen LogP contribution in [-0.4, -0.2) is 18.6 Å². The van der Waals surface area contributed by atoms with Crippen molar-refractivity contribution in [3.05, 3.63) is 42.5 Å². The van der Waals surface area contributed by atoms with Gasteiger partial charge >= 0.3 is 0 Å². The van der Waals surface area contributed by atoms with Crippen LogP contribution in [0.25, 0.3) is 10.8 Å². The van der Waals surface area contributed by atoms with Crippen LogP contribution in [0.15, 0.2) is 42.5 Å². The Morgan fingerprint density at radius 1 is 1.12 bits per heavy atom. The third kappa shape index (κ3) is 4.98. The second-order valence-corrected chi connectivity index (χ2v) is 6.40. The number of nitrogens with one attached hydrogen (secondary N) is 1. The van der Waals surface area contributed by atoms with Gasteiger partial charge in [0, 0.05) is 11.9 Å². The molecule has 1 amide bonds. The van der Waals surface area contributed by atoms with Crippen molar-refractivity contribution in [3.63, 3.8) is 0 Å². The highest BCUT2D eigenvalue weighted by Gasteiger charge is 2.17. The Kier molecular flexibility index (Phi) is 7.10. The van der Waals surface area contributed by atoms with Crippen LogP contribution in [0.4, 0.5) is 0 Å². The second-order valence-electron chi connectivity index (χ2n) is 6.40. The van der Waals surface area contributed by atoms with Gasteiger partial charge in [-0.2, -0.15) is 0 Å². The maximum Gasteiger partial charge on any atom is 0.260 e. The molecule has 0 heterocycles. The first kappa shape index (κ1) is 18.3. The smallest absolute Gasteiger partial charge is 0.260 e. The van der Waals surface area contributed by atoms with Crippen molar-refractivity contribution in [1.29, 1.82) is 0 Å². The Balaban J connectivity index is 1.93. The Morgan fingerprint density at radius 3 is 2.62 bits per heavy atom. The van der Waals surface area contributed by atoms with E-state index in [4.69, 9.17) is 4.74 Å². The number of hydrogen-bond donors (Lipinski definition) is 1. The average molecular weight is 327 g/mol. The van der Waals surface area contributed by atoms with Gasteiger partial charge in [0.15, 0.2) is 6.10 Å². The molecule has 3 heteroatoms. The van der Waals surface area contributed by atoms with Crippen molar-refractivity contribution in [2.75, 3.05) is 6.54 Å². The highest BCUT2D eigenvalue weighted by atomic mass is 16.5. The van der Waals surface area contributed by atoms with Crippen LogP contribution in [0.3, 0.4) is 0 Å². The minimum atomic E-state index is -0.500. The van der Waals surface area contributed by atoms with E-state index < -0.39 is 6.10 Å². The maximum atomic E-state index is 12.3. The van der Waals surface area contributed by atoms with Crippen LogP contribution >= 0.6 is 0 Å². The van der Waals surface area contributed by atoms with Gasteiger partial charge in [-0.05, 0) is 30.7 Å². The molecule has 0 aromatic heterocycles. The minimum absolute atomic E-state index is 0.0436. The molecule has 0 aliphatic rings. The van der Waals surface area contributed by atoms with Gasteiger partial charge in [0.2, 0.25) is 0 Å². The summed E-state index contributed by atoms with van der Waals surface area (Å²) in [6, 6.07) is 14.0. The van der Waals surface area contributed by atoms with E-state index in [0.717, 1.165) is 29.5 Å². The van der Waals surface area contributed by atoms with Crippen LogP contribution in [0.5, 0.6) is 5.75 Å². The summed E-state index contributed by atoms with van der Waals surface area (Å²) in [5, 5.41) is 5.20. The molecule has 3 nitrogen and oxygen atoms in total. The van der Waals surface area contributed by atoms with Crippen molar-refractivity contribution in [1.82, 2.24) is 5.32 Å². The van der Waals surface area contributed by atoms with Crippen LogP contribution in [0.1, 0.15) is 46.5 Å². The molecule has 24 heavy (non-hydrogen) atoms. The van der Waals surface area contributed by atoms with E-state index in [1.807, 2.05) is 49.4 Å². The number of rotatable bonds is 9. The molecule has 0 spiro atoms. The summed E-state index contributed by atoms with van der Waals surface area (Å²) in [5.41, 5.74) is 0. The van der Waals surface area contributed by atoms with Crippen LogP contribution < -0.4 is 10.1 Å². The molecule has 2 rings (SSSR count). The lowest BCUT2D eigenvalue weighted by Crippen LogP contribution is -2.38. The summed E-state index contributed by atoms with van der Waals surface area (Å²) in [7, 11) is 0. The van der Waals surface area contributed by atoms with Gasteiger partial charge in [-0.25, -0.2) is 0 Å². The van der Waals surface area contributed by atoms with E-state index in [1.165, 1.54) is 19.3 Å². The summed E-state index contributed by atoms with van der Waals surface area (Å²) < 4.78 is 5.92. The average Bonchev–Trinajstić information content (AvgIpc) is 2.62. The molecule has 2 aromatic rings. The fraction of sp³-hybridized carbons (Fsp3) is 0.476. The van der Waals surface area contributed by atoms with Crippen LogP contribution in [-0.2, 0) is 4.79 Å². The quantitative estimate of drug-likeness (QED) is 0.708. The number of benzene rings is 2. The number of fused-ring (bicyclic) bond motifs is 1. The van der Waals surface area contributed by atoms with E-state index in [9.17, 15) is 4.79 Å². The third-order valence-corrected chi connectivity index (χ3v) is 4.53. The molecule has 0 fully saturated rings. The number of carbonyl (C=O) groups excluding carboxylic acids is 1. The molecule has 0 aliphatic heterocycles. The van der Waals surface area contributed by atoms with E-state index in [0.29, 0.717) is 5.92 Å². The number of carbonyl (C=O) groups is 1. The van der Waals surface area contributed by atoms with Gasteiger partial charge in [0.25, 0.3) is 5.91 Å². The van der Waals surface area contributed by atoms with Gasteiger partial charge in [-0.3, -0.25) is 4.79 Å². The van der Waals surface area contributed by atoms with E-state index in [1.54, 1.807) is 0 Å². The van der Waals surface area contributed by atoms with E-state index >= 15 is 0 Å². The first-order valence-electron chi connectivity index (χ1n) is 9.07. The van der Waals surface area contributed by atoms with Crippen molar-refractivity contribution in [3.8, 4) is 5.75 Å². The highest BCUT2D eigenvalue weighted by molar-refractivity contribution is 5.89. The maximum absolute atomic E-state index is 12.3. The van der Waals surface area contributed by atoms with Gasteiger partial charge in [0.1, 0.15) is 5.75 Å². The van der Waals surface area contributed by atoms with Crippen LogP contribution in [0, 0.1) is 5.92 Å². The normalized spacial score (nSPS) is 13.5. The van der Waals surface area contributed by atoms with E-state index in [-0.39, 0.29) is 5.91 Å². The molecular formula is C21H29NO2. The van der Waals surface area contributed by atoms with E-state index in [2.05, 4.69) is 19.2 Å². The minimum Gasteiger partial charge on any atom is -0.480 e. The molecule has 0 unspecified atom stereocenters. The molecule has 2 aromatic carbocycles. The Labute approximate surface area is 145 Å². The lowest BCUT2D eigenvalue weighted by Gasteiger charge is -2.19. The predicted octanol–water partition coefficient (Wildman–Crippen LogP) is 4.94. The molecule has 1 N–H and O–H groups in total. The molecule has 130 valence electrons. The van der Waals surface area contributed by atoms with Gasteiger partial charge in [0.05, 0.1) is 0 Å². The second kappa shape index (κ2) is 9.31. The number of ether oxygens (including phenoxy) is 1. The summed E-state index contributed by atoms with van der Waals surface area (Å²) >= 11 is 0. The zero-order chi connectivity index (χ0) is 17.4. The number of amides is 1. The SMILES string of the molecule is CCCC[C@H](CC)CNC(=O)[C@H](C)Oc1cccc2ccccc12. The number of hydrogen-bond acceptors (Lipinski definition) is 2. The lowest BCUT2D eigenvalue weighted by atomic mass is 9.99. The summed E-state index contributed by atoms with van der Waals surface area (Å²) in [4.78, 5) is 12.3. The number of unbranched alkanes of at least 4 members (excludes halogenated alkanes) is 1. The summed E-state index contributed by atoms with van der Waals surface area (Å²) in [6.07, 6.45) is 4.19. The molecule has 0 radical (unpaired) electrons. The van der Waals surface area contributed by atoms with Crippen molar-refractivity contribution >= 4 is 16.7 Å². The molecule has 0 bridgehead atoms. The first-order valence-corrected chi connectivity index (χ1v) is 9.07. The topological polar surface area (TPSA) is 38.3 Å². The largest absolute Gasteiger partial charge is 0.480 e. The van der Waals surface area contributed by atoms with Crippen LogP contribution in [0.2, 0.25) is 0 Å². The zero-order valence-electron chi connectivity index (χ0n) is 15.0. The Hall–Kier alpha value is -2.03. The zero-order valence-corrected chi connectivity index (χ0v) is 15.0. The predicted molar refractivity (Wildman–Crippen MR) is 100 cm³/mol. The van der Waals surface area contributed by atoms with Gasteiger partial charge < -0.3 is 10.1 Å². The van der Waals surface area contributed by atoms with Crippen molar-refractivity contribution in [2.24, 2.45) is 5.92 Å². The van der Waals surface area contributed by atoms with Crippen molar-refractivity contribution < 1.29 is 9.53 Å². The Bertz CT molecular complexity index is 648. The van der Waals surface area contributed by atoms with Gasteiger partial charge in [-0.1, -0.05) is 69.5 Å². The summed E-state index contributed by atoms with van der Waals surface area (Å²) in [5.74, 6) is 1.27. The monoisotopic (exact) mass is 327 g/mol. The third-order valence-electron chi connectivity index (χ3n) is 4.53. The molecule has 0 saturated carbocycles. The van der Waals surface area contributed by atoms with Crippen molar-refractivity contribution in [2.45, 2.75) is 52.6 Å². The first-order chi connectivity index (χ1) is 11.7. The molecule has 0 aliphatic carbocycles. The highest BCUT2D eigenvalue weighted by Crippen LogP contribution is 2.26. The fourth-order valence-corrected chi connectivity index (χ4v) is 2.87. The summed E-state index contributed by atoms with van der Waals surface area (Å²) in [6.45, 7) is 6.93.